The molecule has 0 radical (unpaired) electrons. The molecule has 0 saturated heterocycles. The van der Waals surface area contributed by atoms with Crippen molar-refractivity contribution in [3.63, 3.8) is 0 Å². The van der Waals surface area contributed by atoms with E-state index in [0.717, 1.165) is 12.3 Å². The van der Waals surface area contributed by atoms with Crippen molar-refractivity contribution in [2.75, 3.05) is 0 Å². The minimum Gasteiger partial charge on any atom is -0.261 e. The molecule has 1 nitrogen and oxygen atoms in total. The molecule has 1 aromatic heterocycles. The van der Waals surface area contributed by atoms with Gasteiger partial charge in [0.05, 0.1) is 0 Å². The van der Waals surface area contributed by atoms with E-state index in [1.807, 2.05) is 6.20 Å². The number of aromatic nitrogens is 1. The topological polar surface area (TPSA) is 12.9 Å². The second-order valence-corrected chi connectivity index (χ2v) is 5.77. The number of hydrogen-bond acceptors (Lipinski definition) is 1. The zero-order valence-corrected chi connectivity index (χ0v) is 10.8. The molecule has 0 spiro atoms. The van der Waals surface area contributed by atoms with Crippen molar-refractivity contribution in [1.82, 2.24) is 4.98 Å². The Labute approximate surface area is 100 Å². The van der Waals surface area contributed by atoms with Gasteiger partial charge in [0.15, 0.2) is 0 Å². The number of rotatable bonds is 3. The third-order valence-corrected chi connectivity index (χ3v) is 4.36. The largest absolute Gasteiger partial charge is 0.261 e. The first-order chi connectivity index (χ1) is 7.25. The summed E-state index contributed by atoms with van der Waals surface area (Å²) in [7, 11) is 0. The van der Waals surface area contributed by atoms with Gasteiger partial charge in [-0.2, -0.15) is 0 Å². The van der Waals surface area contributed by atoms with E-state index in [2.05, 4.69) is 40.0 Å². The van der Waals surface area contributed by atoms with E-state index in [9.17, 15) is 0 Å². The van der Waals surface area contributed by atoms with Gasteiger partial charge in [-0.15, -0.1) is 0 Å². The lowest BCUT2D eigenvalue weighted by molar-refractivity contribution is 0.522. The van der Waals surface area contributed by atoms with Crippen molar-refractivity contribution in [3.8, 4) is 0 Å². The molecule has 0 aliphatic heterocycles. The number of aryl methyl sites for hydroxylation is 1. The smallest absolute Gasteiger partial charge is 0.0415 e. The Morgan fingerprint density at radius 3 is 2.73 bits per heavy atom. The van der Waals surface area contributed by atoms with Crippen LogP contribution >= 0.6 is 15.9 Å². The highest BCUT2D eigenvalue weighted by Crippen LogP contribution is 2.32. The first-order valence-electron chi connectivity index (χ1n) is 5.81. The summed E-state index contributed by atoms with van der Waals surface area (Å²) in [5.74, 6) is 0.869. The van der Waals surface area contributed by atoms with Crippen LogP contribution in [0, 0.1) is 12.8 Å². The third-order valence-electron chi connectivity index (χ3n) is 3.29. The van der Waals surface area contributed by atoms with E-state index in [1.165, 1.54) is 36.9 Å². The molecular formula is C13H18BrN. The molecule has 1 aromatic rings. The Hall–Kier alpha value is -0.370. The zero-order valence-electron chi connectivity index (χ0n) is 9.25. The molecule has 2 heteroatoms. The second kappa shape index (κ2) is 5.11. The zero-order chi connectivity index (χ0) is 10.7. The van der Waals surface area contributed by atoms with Crippen LogP contribution in [0.4, 0.5) is 0 Å². The van der Waals surface area contributed by atoms with Gasteiger partial charge in [-0.25, -0.2) is 0 Å². The van der Waals surface area contributed by atoms with Crippen molar-refractivity contribution in [2.45, 2.75) is 43.9 Å². The molecule has 1 saturated carbocycles. The molecule has 0 N–H and O–H groups in total. The van der Waals surface area contributed by atoms with Gasteiger partial charge < -0.3 is 0 Å². The van der Waals surface area contributed by atoms with Gasteiger partial charge in [0, 0.05) is 23.1 Å². The monoisotopic (exact) mass is 267 g/mol. The molecule has 1 aliphatic carbocycles. The van der Waals surface area contributed by atoms with E-state index in [1.54, 1.807) is 0 Å². The van der Waals surface area contributed by atoms with Crippen molar-refractivity contribution in [3.05, 3.63) is 29.6 Å². The maximum atomic E-state index is 4.46. The molecule has 15 heavy (non-hydrogen) atoms. The fourth-order valence-electron chi connectivity index (χ4n) is 2.30. The lowest BCUT2D eigenvalue weighted by Gasteiger charge is -2.16. The van der Waals surface area contributed by atoms with Crippen LogP contribution in [0.25, 0.3) is 0 Å². The van der Waals surface area contributed by atoms with Gasteiger partial charge in [0.25, 0.3) is 0 Å². The Morgan fingerprint density at radius 2 is 2.13 bits per heavy atom. The van der Waals surface area contributed by atoms with Crippen LogP contribution in [0.3, 0.4) is 0 Å². The van der Waals surface area contributed by atoms with Crippen molar-refractivity contribution < 1.29 is 0 Å². The maximum absolute atomic E-state index is 4.46. The average Bonchev–Trinajstić information content (AvgIpc) is 2.74. The standard InChI is InChI=1S/C13H18BrN/c1-10-6-7-12(15-9-10)8-13(14)11-4-2-3-5-11/h6-7,9,11,13H,2-5,8H2,1H3. The Kier molecular flexibility index (Phi) is 3.79. The predicted octanol–water partition coefficient (Wildman–Crippen LogP) is 3.89. The predicted molar refractivity (Wildman–Crippen MR) is 67.4 cm³/mol. The summed E-state index contributed by atoms with van der Waals surface area (Å²) in [6.45, 7) is 2.08. The Bertz CT molecular complexity index is 301. The van der Waals surface area contributed by atoms with Crippen LogP contribution in [0.1, 0.15) is 36.9 Å². The minimum absolute atomic E-state index is 0.621. The highest BCUT2D eigenvalue weighted by Gasteiger charge is 2.23. The van der Waals surface area contributed by atoms with Gasteiger partial charge in [-0.1, -0.05) is 34.8 Å². The highest BCUT2D eigenvalue weighted by molar-refractivity contribution is 9.09. The molecule has 1 heterocycles. The van der Waals surface area contributed by atoms with Crippen LogP contribution in [0.2, 0.25) is 0 Å². The third kappa shape index (κ3) is 3.04. The molecule has 2 rings (SSSR count). The Balaban J connectivity index is 1.92. The number of pyridine rings is 1. The van der Waals surface area contributed by atoms with E-state index < -0.39 is 0 Å². The number of alkyl halides is 1. The summed E-state index contributed by atoms with van der Waals surface area (Å²) in [4.78, 5) is 5.08. The molecule has 0 aromatic carbocycles. The van der Waals surface area contributed by atoms with Crippen LogP contribution in [-0.2, 0) is 6.42 Å². The molecule has 82 valence electrons. The molecule has 1 fully saturated rings. The number of halogens is 1. The quantitative estimate of drug-likeness (QED) is 0.758. The molecule has 1 aliphatic rings. The number of nitrogens with zero attached hydrogens (tertiary/aromatic N) is 1. The van der Waals surface area contributed by atoms with Crippen LogP contribution < -0.4 is 0 Å². The molecule has 0 amide bonds. The maximum Gasteiger partial charge on any atom is 0.0415 e. The van der Waals surface area contributed by atoms with Crippen LogP contribution in [0.15, 0.2) is 18.3 Å². The lowest BCUT2D eigenvalue weighted by Crippen LogP contribution is -2.14. The first kappa shape index (κ1) is 11.1. The van der Waals surface area contributed by atoms with Crippen molar-refractivity contribution in [1.29, 1.82) is 0 Å². The van der Waals surface area contributed by atoms with Gasteiger partial charge in [-0.05, 0) is 37.3 Å². The average molecular weight is 268 g/mol. The van der Waals surface area contributed by atoms with Crippen molar-refractivity contribution in [2.24, 2.45) is 5.92 Å². The summed E-state index contributed by atoms with van der Waals surface area (Å²) < 4.78 is 0. The lowest BCUT2D eigenvalue weighted by atomic mass is 10.00. The van der Waals surface area contributed by atoms with Crippen LogP contribution in [0.5, 0.6) is 0 Å². The van der Waals surface area contributed by atoms with E-state index in [4.69, 9.17) is 0 Å². The molecular weight excluding hydrogens is 250 g/mol. The fraction of sp³-hybridized carbons (Fsp3) is 0.615. The van der Waals surface area contributed by atoms with Crippen LogP contribution in [-0.4, -0.2) is 9.81 Å². The SMILES string of the molecule is Cc1ccc(CC(Br)C2CCCC2)nc1. The normalized spacial score (nSPS) is 19.3. The number of hydrogen-bond donors (Lipinski definition) is 0. The van der Waals surface area contributed by atoms with Gasteiger partial charge in [-0.3, -0.25) is 4.98 Å². The Morgan fingerprint density at radius 1 is 1.40 bits per heavy atom. The van der Waals surface area contributed by atoms with Gasteiger partial charge in [0.2, 0.25) is 0 Å². The molecule has 1 unspecified atom stereocenters. The van der Waals surface area contributed by atoms with Crippen molar-refractivity contribution >= 4 is 15.9 Å². The molecule has 1 atom stereocenters. The van der Waals surface area contributed by atoms with Gasteiger partial charge in [0.1, 0.15) is 0 Å². The second-order valence-electron chi connectivity index (χ2n) is 4.59. The minimum atomic E-state index is 0.621. The first-order valence-corrected chi connectivity index (χ1v) is 6.73. The van der Waals surface area contributed by atoms with E-state index >= 15 is 0 Å². The summed E-state index contributed by atoms with van der Waals surface area (Å²) >= 11 is 3.82. The fourth-order valence-corrected chi connectivity index (χ4v) is 3.17. The highest BCUT2D eigenvalue weighted by atomic mass is 79.9. The summed E-state index contributed by atoms with van der Waals surface area (Å²) in [5, 5.41) is 0. The summed E-state index contributed by atoms with van der Waals surface area (Å²) in [5.41, 5.74) is 2.46. The summed E-state index contributed by atoms with van der Waals surface area (Å²) in [6.07, 6.45) is 8.64. The molecule has 0 bridgehead atoms. The summed E-state index contributed by atoms with van der Waals surface area (Å²) in [6, 6.07) is 4.30. The van der Waals surface area contributed by atoms with Gasteiger partial charge >= 0.3 is 0 Å². The van der Waals surface area contributed by atoms with E-state index in [0.29, 0.717) is 4.83 Å². The van der Waals surface area contributed by atoms with E-state index in [-0.39, 0.29) is 0 Å².